The molecule has 0 aliphatic carbocycles. The van der Waals surface area contributed by atoms with Crippen LogP contribution in [0.4, 0.5) is 5.69 Å². The molecular weight excluding hydrogens is 260 g/mol. The van der Waals surface area contributed by atoms with E-state index in [1.807, 2.05) is 26.8 Å². The second kappa shape index (κ2) is 6.07. The Morgan fingerprint density at radius 1 is 1.21 bits per heavy atom. The van der Waals surface area contributed by atoms with Crippen molar-refractivity contribution >= 4 is 15.7 Å². The standard InChI is InChI=1S/C14H20N2O2S/c1-14(2,3)9-11-19(17,18)16-13-6-4-12(5-7-13)8-10-15/h4-7,16H,8-9,11H2,1-3H3. The van der Waals surface area contributed by atoms with Crippen LogP contribution < -0.4 is 4.72 Å². The number of hydrogen-bond acceptors (Lipinski definition) is 3. The topological polar surface area (TPSA) is 70.0 Å². The lowest BCUT2D eigenvalue weighted by atomic mass is 9.94. The second-order valence-corrected chi connectivity index (χ2v) is 7.61. The first-order valence-corrected chi connectivity index (χ1v) is 7.83. The zero-order chi connectivity index (χ0) is 14.5. The molecule has 1 rings (SSSR count). The van der Waals surface area contributed by atoms with E-state index in [0.29, 0.717) is 18.5 Å². The van der Waals surface area contributed by atoms with Crippen LogP contribution in [0.3, 0.4) is 0 Å². The summed E-state index contributed by atoms with van der Waals surface area (Å²) in [5, 5.41) is 8.56. The van der Waals surface area contributed by atoms with Gasteiger partial charge in [0.25, 0.3) is 0 Å². The molecule has 0 fully saturated rings. The fourth-order valence-electron chi connectivity index (χ4n) is 1.45. The maximum atomic E-state index is 11.9. The molecule has 0 radical (unpaired) electrons. The van der Waals surface area contributed by atoms with Gasteiger partial charge in [0, 0.05) is 5.69 Å². The lowest BCUT2D eigenvalue weighted by Gasteiger charge is -2.18. The minimum Gasteiger partial charge on any atom is -0.284 e. The Bertz CT molecular complexity index is 549. The average molecular weight is 280 g/mol. The molecule has 1 aromatic carbocycles. The van der Waals surface area contributed by atoms with E-state index in [-0.39, 0.29) is 11.2 Å². The summed E-state index contributed by atoms with van der Waals surface area (Å²) in [5.41, 5.74) is 1.40. The largest absolute Gasteiger partial charge is 0.284 e. The number of hydrogen-bond donors (Lipinski definition) is 1. The number of nitriles is 1. The van der Waals surface area contributed by atoms with E-state index >= 15 is 0 Å². The minimum absolute atomic E-state index is 0.00853. The molecule has 104 valence electrons. The Hall–Kier alpha value is -1.54. The third-order valence-electron chi connectivity index (χ3n) is 2.63. The summed E-state index contributed by atoms with van der Waals surface area (Å²) >= 11 is 0. The monoisotopic (exact) mass is 280 g/mol. The van der Waals surface area contributed by atoms with Gasteiger partial charge in [-0.05, 0) is 29.5 Å². The van der Waals surface area contributed by atoms with Gasteiger partial charge in [-0.15, -0.1) is 0 Å². The zero-order valence-corrected chi connectivity index (χ0v) is 12.4. The van der Waals surface area contributed by atoms with Gasteiger partial charge in [-0.2, -0.15) is 5.26 Å². The van der Waals surface area contributed by atoms with Crippen molar-refractivity contribution in [2.24, 2.45) is 5.41 Å². The summed E-state index contributed by atoms with van der Waals surface area (Å²) in [6.07, 6.45) is 0.936. The first kappa shape index (κ1) is 15.5. The molecule has 0 aliphatic heterocycles. The molecule has 0 bridgehead atoms. The number of rotatable bonds is 5. The van der Waals surface area contributed by atoms with Crippen molar-refractivity contribution in [3.8, 4) is 6.07 Å². The number of nitrogens with zero attached hydrogens (tertiary/aromatic N) is 1. The van der Waals surface area contributed by atoms with Crippen LogP contribution in [0.15, 0.2) is 24.3 Å². The summed E-state index contributed by atoms with van der Waals surface area (Å²) in [7, 11) is -3.31. The van der Waals surface area contributed by atoms with E-state index in [1.165, 1.54) is 0 Å². The van der Waals surface area contributed by atoms with Crippen LogP contribution in [0.2, 0.25) is 0 Å². The molecule has 0 saturated heterocycles. The van der Waals surface area contributed by atoms with Crippen LogP contribution in [0.25, 0.3) is 0 Å². The van der Waals surface area contributed by atoms with Crippen molar-refractivity contribution in [2.75, 3.05) is 10.5 Å². The molecule has 0 saturated carbocycles. The van der Waals surface area contributed by atoms with Crippen molar-refractivity contribution < 1.29 is 8.42 Å². The Balaban J connectivity index is 2.65. The fourth-order valence-corrected chi connectivity index (χ4v) is 2.93. The molecule has 1 aromatic rings. The predicted octanol–water partition coefficient (Wildman–Crippen LogP) is 2.93. The van der Waals surface area contributed by atoms with E-state index in [2.05, 4.69) is 4.72 Å². The molecule has 0 spiro atoms. The first-order valence-electron chi connectivity index (χ1n) is 6.18. The summed E-state index contributed by atoms with van der Waals surface area (Å²) in [6.45, 7) is 6.04. The van der Waals surface area contributed by atoms with Gasteiger partial charge in [0.05, 0.1) is 18.2 Å². The smallest absolute Gasteiger partial charge is 0.232 e. The average Bonchev–Trinajstić information content (AvgIpc) is 2.29. The molecule has 5 heteroatoms. The van der Waals surface area contributed by atoms with E-state index in [0.717, 1.165) is 5.56 Å². The molecule has 19 heavy (non-hydrogen) atoms. The lowest BCUT2D eigenvalue weighted by Crippen LogP contribution is -2.20. The van der Waals surface area contributed by atoms with Gasteiger partial charge in [0.1, 0.15) is 0 Å². The van der Waals surface area contributed by atoms with Crippen molar-refractivity contribution in [1.82, 2.24) is 0 Å². The Morgan fingerprint density at radius 2 is 1.79 bits per heavy atom. The van der Waals surface area contributed by atoms with E-state index in [4.69, 9.17) is 5.26 Å². The Morgan fingerprint density at radius 3 is 2.26 bits per heavy atom. The number of benzene rings is 1. The predicted molar refractivity (Wildman–Crippen MR) is 77.2 cm³/mol. The highest BCUT2D eigenvalue weighted by molar-refractivity contribution is 7.92. The summed E-state index contributed by atoms with van der Waals surface area (Å²) in [5.74, 6) is 0.108. The van der Waals surface area contributed by atoms with Gasteiger partial charge < -0.3 is 0 Å². The van der Waals surface area contributed by atoms with Crippen molar-refractivity contribution in [1.29, 1.82) is 5.26 Å². The van der Waals surface area contributed by atoms with Crippen LogP contribution in [0, 0.1) is 16.7 Å². The quantitative estimate of drug-likeness (QED) is 0.901. The van der Waals surface area contributed by atoms with Crippen molar-refractivity contribution in [3.63, 3.8) is 0 Å². The van der Waals surface area contributed by atoms with Gasteiger partial charge in [-0.25, -0.2) is 8.42 Å². The summed E-state index contributed by atoms with van der Waals surface area (Å²) in [4.78, 5) is 0. The molecular formula is C14H20N2O2S. The fraction of sp³-hybridized carbons (Fsp3) is 0.500. The maximum Gasteiger partial charge on any atom is 0.232 e. The normalized spacial score (nSPS) is 11.9. The van der Waals surface area contributed by atoms with Crippen LogP contribution in [-0.2, 0) is 16.4 Å². The van der Waals surface area contributed by atoms with E-state index < -0.39 is 10.0 Å². The van der Waals surface area contributed by atoms with Crippen molar-refractivity contribution in [2.45, 2.75) is 33.6 Å². The molecule has 0 heterocycles. The Labute approximate surface area is 115 Å². The van der Waals surface area contributed by atoms with Gasteiger partial charge in [0.2, 0.25) is 10.0 Å². The van der Waals surface area contributed by atoms with E-state index in [9.17, 15) is 8.42 Å². The lowest BCUT2D eigenvalue weighted by molar-refractivity contribution is 0.397. The van der Waals surface area contributed by atoms with Crippen LogP contribution in [-0.4, -0.2) is 14.2 Å². The highest BCUT2D eigenvalue weighted by Gasteiger charge is 2.17. The van der Waals surface area contributed by atoms with Gasteiger partial charge in [0.15, 0.2) is 0 Å². The molecule has 0 unspecified atom stereocenters. The number of sulfonamides is 1. The molecule has 0 aliphatic rings. The maximum absolute atomic E-state index is 11.9. The summed E-state index contributed by atoms with van der Waals surface area (Å²) in [6, 6.07) is 8.92. The second-order valence-electron chi connectivity index (χ2n) is 5.76. The third kappa shape index (κ3) is 6.25. The number of anilines is 1. The molecule has 0 amide bonds. The van der Waals surface area contributed by atoms with Gasteiger partial charge in [-0.3, -0.25) is 4.72 Å². The minimum atomic E-state index is -3.31. The molecule has 0 aromatic heterocycles. The molecule has 0 atom stereocenters. The van der Waals surface area contributed by atoms with Crippen LogP contribution in [0.5, 0.6) is 0 Å². The summed E-state index contributed by atoms with van der Waals surface area (Å²) < 4.78 is 26.3. The van der Waals surface area contributed by atoms with Crippen LogP contribution in [0.1, 0.15) is 32.8 Å². The first-order chi connectivity index (χ1) is 8.72. The van der Waals surface area contributed by atoms with Crippen LogP contribution >= 0.6 is 0 Å². The van der Waals surface area contributed by atoms with Gasteiger partial charge >= 0.3 is 0 Å². The molecule has 4 nitrogen and oxygen atoms in total. The van der Waals surface area contributed by atoms with Gasteiger partial charge in [-0.1, -0.05) is 32.9 Å². The highest BCUT2D eigenvalue weighted by Crippen LogP contribution is 2.20. The number of nitrogens with one attached hydrogen (secondary N) is 1. The SMILES string of the molecule is CC(C)(C)CCS(=O)(=O)Nc1ccc(CC#N)cc1. The zero-order valence-electron chi connectivity index (χ0n) is 11.6. The highest BCUT2D eigenvalue weighted by atomic mass is 32.2. The van der Waals surface area contributed by atoms with Crippen molar-refractivity contribution in [3.05, 3.63) is 29.8 Å². The van der Waals surface area contributed by atoms with E-state index in [1.54, 1.807) is 24.3 Å². The molecule has 1 N–H and O–H groups in total. The third-order valence-corrected chi connectivity index (χ3v) is 3.92. The Kier molecular flexibility index (Phi) is 4.96.